The van der Waals surface area contributed by atoms with E-state index < -0.39 is 0 Å². The van der Waals surface area contributed by atoms with Crippen LogP contribution in [-0.4, -0.2) is 19.8 Å². The van der Waals surface area contributed by atoms with Gasteiger partial charge in [-0.1, -0.05) is 22.0 Å². The van der Waals surface area contributed by atoms with Gasteiger partial charge in [-0.3, -0.25) is 0 Å². The monoisotopic (exact) mass is 299 g/mol. The van der Waals surface area contributed by atoms with Gasteiger partial charge in [0.2, 0.25) is 0 Å². The van der Waals surface area contributed by atoms with E-state index in [0.717, 1.165) is 28.8 Å². The van der Waals surface area contributed by atoms with E-state index in [4.69, 9.17) is 15.2 Å². The lowest BCUT2D eigenvalue weighted by Gasteiger charge is -2.20. The standard InChI is InChI=1S/C13H18BrNO2/c1-8-5-9(7-17-8)13(15)11-4-3-10(16-2)6-12(11)14/h3-4,6,8-9,13H,5,7,15H2,1-2H3. The van der Waals surface area contributed by atoms with Crippen LogP contribution in [0.2, 0.25) is 0 Å². The van der Waals surface area contributed by atoms with Gasteiger partial charge >= 0.3 is 0 Å². The maximum atomic E-state index is 6.30. The number of halogens is 1. The molecular weight excluding hydrogens is 282 g/mol. The first-order valence-electron chi connectivity index (χ1n) is 5.82. The van der Waals surface area contributed by atoms with Gasteiger partial charge in [-0.2, -0.15) is 0 Å². The summed E-state index contributed by atoms with van der Waals surface area (Å²) in [7, 11) is 1.66. The number of methoxy groups -OCH3 is 1. The quantitative estimate of drug-likeness (QED) is 0.933. The van der Waals surface area contributed by atoms with Crippen molar-refractivity contribution in [3.05, 3.63) is 28.2 Å². The maximum absolute atomic E-state index is 6.30. The van der Waals surface area contributed by atoms with Gasteiger partial charge in [0.1, 0.15) is 5.75 Å². The molecule has 94 valence electrons. The first-order chi connectivity index (χ1) is 8.11. The number of hydrogen-bond acceptors (Lipinski definition) is 3. The Morgan fingerprint density at radius 1 is 1.53 bits per heavy atom. The van der Waals surface area contributed by atoms with Crippen LogP contribution in [0, 0.1) is 5.92 Å². The minimum Gasteiger partial charge on any atom is -0.497 e. The van der Waals surface area contributed by atoms with Crippen LogP contribution in [0.15, 0.2) is 22.7 Å². The molecule has 1 aliphatic rings. The van der Waals surface area contributed by atoms with Gasteiger partial charge < -0.3 is 15.2 Å². The van der Waals surface area contributed by atoms with Crippen LogP contribution in [0.3, 0.4) is 0 Å². The summed E-state index contributed by atoms with van der Waals surface area (Å²) in [6.07, 6.45) is 1.35. The Balaban J connectivity index is 2.16. The fraction of sp³-hybridized carbons (Fsp3) is 0.538. The highest BCUT2D eigenvalue weighted by Crippen LogP contribution is 2.34. The average Bonchev–Trinajstić information content (AvgIpc) is 2.75. The molecule has 1 aromatic rings. The molecule has 0 bridgehead atoms. The van der Waals surface area contributed by atoms with Crippen LogP contribution >= 0.6 is 15.9 Å². The van der Waals surface area contributed by atoms with Crippen LogP contribution in [0.5, 0.6) is 5.75 Å². The summed E-state index contributed by atoms with van der Waals surface area (Å²) in [5.41, 5.74) is 7.42. The summed E-state index contributed by atoms with van der Waals surface area (Å²) >= 11 is 3.55. The van der Waals surface area contributed by atoms with Crippen LogP contribution in [-0.2, 0) is 4.74 Å². The van der Waals surface area contributed by atoms with Crippen LogP contribution in [0.4, 0.5) is 0 Å². The lowest BCUT2D eigenvalue weighted by atomic mass is 9.92. The Bertz CT molecular complexity index is 397. The van der Waals surface area contributed by atoms with Gasteiger partial charge in [-0.25, -0.2) is 0 Å². The second-order valence-electron chi connectivity index (χ2n) is 4.55. The molecule has 0 aromatic heterocycles. The molecule has 2 rings (SSSR count). The molecule has 1 saturated heterocycles. The van der Waals surface area contributed by atoms with E-state index in [1.165, 1.54) is 0 Å². The molecule has 1 aromatic carbocycles. The van der Waals surface area contributed by atoms with Crippen LogP contribution in [0.1, 0.15) is 24.9 Å². The summed E-state index contributed by atoms with van der Waals surface area (Å²) in [4.78, 5) is 0. The highest BCUT2D eigenvalue weighted by Gasteiger charge is 2.29. The van der Waals surface area contributed by atoms with E-state index in [-0.39, 0.29) is 6.04 Å². The van der Waals surface area contributed by atoms with Gasteiger partial charge in [0.25, 0.3) is 0 Å². The zero-order valence-electron chi connectivity index (χ0n) is 10.2. The molecule has 1 heterocycles. The number of hydrogen-bond donors (Lipinski definition) is 1. The fourth-order valence-corrected chi connectivity index (χ4v) is 2.88. The summed E-state index contributed by atoms with van der Waals surface area (Å²) < 4.78 is 11.8. The highest BCUT2D eigenvalue weighted by atomic mass is 79.9. The molecule has 0 amide bonds. The third-order valence-electron chi connectivity index (χ3n) is 3.30. The molecule has 4 heteroatoms. The number of benzene rings is 1. The summed E-state index contributed by atoms with van der Waals surface area (Å²) in [5, 5.41) is 0. The van der Waals surface area contributed by atoms with Crippen LogP contribution < -0.4 is 10.5 Å². The van der Waals surface area contributed by atoms with Crippen molar-refractivity contribution in [2.45, 2.75) is 25.5 Å². The number of rotatable bonds is 3. The summed E-state index contributed by atoms with van der Waals surface area (Å²) in [5.74, 6) is 1.23. The topological polar surface area (TPSA) is 44.5 Å². The van der Waals surface area contributed by atoms with Crippen LogP contribution in [0.25, 0.3) is 0 Å². The summed E-state index contributed by atoms with van der Waals surface area (Å²) in [6.45, 7) is 2.84. The molecule has 3 atom stereocenters. The van der Waals surface area contributed by atoms with E-state index in [1.54, 1.807) is 7.11 Å². The first-order valence-corrected chi connectivity index (χ1v) is 6.61. The predicted molar refractivity (Wildman–Crippen MR) is 71.1 cm³/mol. The molecule has 0 spiro atoms. The molecule has 2 N–H and O–H groups in total. The van der Waals surface area contributed by atoms with Gasteiger partial charge in [0, 0.05) is 16.4 Å². The van der Waals surface area contributed by atoms with Gasteiger partial charge in [0.15, 0.2) is 0 Å². The van der Waals surface area contributed by atoms with Gasteiger partial charge in [0.05, 0.1) is 19.8 Å². The Labute approximate surface area is 110 Å². The lowest BCUT2D eigenvalue weighted by molar-refractivity contribution is 0.118. The molecule has 1 fully saturated rings. The Morgan fingerprint density at radius 2 is 2.29 bits per heavy atom. The normalized spacial score (nSPS) is 25.9. The van der Waals surface area contributed by atoms with Gasteiger partial charge in [-0.15, -0.1) is 0 Å². The summed E-state index contributed by atoms with van der Waals surface area (Å²) in [6, 6.07) is 5.93. The molecule has 0 aliphatic carbocycles. The second-order valence-corrected chi connectivity index (χ2v) is 5.41. The predicted octanol–water partition coefficient (Wildman–Crippen LogP) is 2.88. The third kappa shape index (κ3) is 2.81. The van der Waals surface area contributed by atoms with Crippen molar-refractivity contribution in [3.63, 3.8) is 0 Å². The Morgan fingerprint density at radius 3 is 2.82 bits per heavy atom. The smallest absolute Gasteiger partial charge is 0.120 e. The largest absolute Gasteiger partial charge is 0.497 e. The fourth-order valence-electron chi connectivity index (χ4n) is 2.26. The minimum absolute atomic E-state index is 0.0141. The van der Waals surface area contributed by atoms with Crippen molar-refractivity contribution in [2.75, 3.05) is 13.7 Å². The van der Waals surface area contributed by atoms with E-state index in [0.29, 0.717) is 12.0 Å². The molecule has 0 radical (unpaired) electrons. The molecule has 3 unspecified atom stereocenters. The van der Waals surface area contributed by atoms with Crippen molar-refractivity contribution in [2.24, 2.45) is 11.7 Å². The average molecular weight is 300 g/mol. The van der Waals surface area contributed by atoms with Crippen molar-refractivity contribution >= 4 is 15.9 Å². The Kier molecular flexibility index (Phi) is 4.07. The van der Waals surface area contributed by atoms with E-state index in [9.17, 15) is 0 Å². The first kappa shape index (κ1) is 12.9. The Hall–Kier alpha value is -0.580. The highest BCUT2D eigenvalue weighted by molar-refractivity contribution is 9.10. The molecule has 17 heavy (non-hydrogen) atoms. The SMILES string of the molecule is COc1ccc(C(N)C2COC(C)C2)c(Br)c1. The second kappa shape index (κ2) is 5.38. The van der Waals surface area contributed by atoms with Gasteiger partial charge in [-0.05, 0) is 31.0 Å². The van der Waals surface area contributed by atoms with E-state index in [2.05, 4.69) is 22.9 Å². The molecular formula is C13H18BrNO2. The number of nitrogens with two attached hydrogens (primary N) is 1. The lowest BCUT2D eigenvalue weighted by Crippen LogP contribution is -2.22. The zero-order valence-corrected chi connectivity index (χ0v) is 11.7. The van der Waals surface area contributed by atoms with Crippen molar-refractivity contribution in [1.29, 1.82) is 0 Å². The molecule has 0 saturated carbocycles. The maximum Gasteiger partial charge on any atom is 0.120 e. The zero-order chi connectivity index (χ0) is 12.4. The molecule has 1 aliphatic heterocycles. The third-order valence-corrected chi connectivity index (χ3v) is 3.99. The van der Waals surface area contributed by atoms with Crippen molar-refractivity contribution in [3.8, 4) is 5.75 Å². The van der Waals surface area contributed by atoms with Crippen molar-refractivity contribution < 1.29 is 9.47 Å². The van der Waals surface area contributed by atoms with Crippen molar-refractivity contribution in [1.82, 2.24) is 0 Å². The number of ether oxygens (including phenoxy) is 2. The van der Waals surface area contributed by atoms with E-state index >= 15 is 0 Å². The van der Waals surface area contributed by atoms with E-state index in [1.807, 2.05) is 18.2 Å². The molecule has 3 nitrogen and oxygen atoms in total. The minimum atomic E-state index is 0.0141.